The second-order valence-electron chi connectivity index (χ2n) is 4.92. The summed E-state index contributed by atoms with van der Waals surface area (Å²) in [7, 11) is 0. The Labute approximate surface area is 98.8 Å². The maximum absolute atomic E-state index is 9.75. The van der Waals surface area contributed by atoms with Crippen LogP contribution in [0.25, 0.3) is 0 Å². The van der Waals surface area contributed by atoms with Crippen molar-refractivity contribution in [2.24, 2.45) is 5.92 Å². The Morgan fingerprint density at radius 3 is 2.69 bits per heavy atom. The van der Waals surface area contributed by atoms with Gasteiger partial charge in [-0.2, -0.15) is 0 Å². The van der Waals surface area contributed by atoms with Crippen LogP contribution in [0.15, 0.2) is 12.0 Å². The van der Waals surface area contributed by atoms with E-state index in [0.29, 0.717) is 18.5 Å². The molecule has 3 nitrogen and oxygen atoms in total. The van der Waals surface area contributed by atoms with Gasteiger partial charge in [0.25, 0.3) is 0 Å². The Hall–Kier alpha value is -0.700. The molecule has 0 spiro atoms. The van der Waals surface area contributed by atoms with Gasteiger partial charge in [0, 0.05) is 18.3 Å². The molecule has 0 aromatic rings. The van der Waals surface area contributed by atoms with E-state index in [1.54, 1.807) is 0 Å². The van der Waals surface area contributed by atoms with Gasteiger partial charge in [0.1, 0.15) is 0 Å². The molecule has 3 atom stereocenters. The van der Waals surface area contributed by atoms with Crippen molar-refractivity contribution >= 4 is 0 Å². The van der Waals surface area contributed by atoms with E-state index in [1.807, 2.05) is 6.92 Å². The predicted octanol–water partition coefficient (Wildman–Crippen LogP) is 2.67. The highest BCUT2D eigenvalue weighted by Crippen LogP contribution is 2.29. The van der Waals surface area contributed by atoms with Gasteiger partial charge in [0.2, 0.25) is 0 Å². The minimum Gasteiger partial charge on any atom is -0.514 e. The third-order valence-corrected chi connectivity index (χ3v) is 3.64. The van der Waals surface area contributed by atoms with E-state index in [0.717, 1.165) is 25.0 Å². The number of nitrogens with zero attached hydrogens (tertiary/aromatic N) is 1. The van der Waals surface area contributed by atoms with Crippen LogP contribution in [0.4, 0.5) is 0 Å². The molecule has 1 saturated heterocycles. The number of aliphatic hydroxyl groups is 2. The van der Waals surface area contributed by atoms with Gasteiger partial charge < -0.3 is 15.1 Å². The van der Waals surface area contributed by atoms with Crippen LogP contribution in [-0.4, -0.2) is 33.8 Å². The Morgan fingerprint density at radius 2 is 2.19 bits per heavy atom. The molecular formula is C13H25NO2. The summed E-state index contributed by atoms with van der Waals surface area (Å²) in [5.41, 5.74) is 0.949. The molecule has 1 rings (SSSR count). The lowest BCUT2D eigenvalue weighted by Crippen LogP contribution is -2.30. The first-order chi connectivity index (χ1) is 7.62. The van der Waals surface area contributed by atoms with Gasteiger partial charge >= 0.3 is 0 Å². The molecule has 0 radical (unpaired) electrons. The summed E-state index contributed by atoms with van der Waals surface area (Å²) < 4.78 is 0. The fraction of sp³-hybridized carbons (Fsp3) is 0.846. The molecule has 2 N–H and O–H groups in total. The van der Waals surface area contributed by atoms with Gasteiger partial charge in [0.05, 0.1) is 12.4 Å². The molecule has 0 saturated carbocycles. The maximum Gasteiger partial charge on any atom is 0.0982 e. The minimum absolute atomic E-state index is 0.240. The Morgan fingerprint density at radius 1 is 1.50 bits per heavy atom. The number of aliphatic hydroxyl groups excluding tert-OH is 2. The largest absolute Gasteiger partial charge is 0.514 e. The molecule has 0 bridgehead atoms. The first-order valence-electron chi connectivity index (χ1n) is 6.40. The Bertz CT molecular complexity index is 240. The molecular weight excluding hydrogens is 202 g/mol. The highest BCUT2D eigenvalue weighted by molar-refractivity contribution is 5.03. The van der Waals surface area contributed by atoms with Gasteiger partial charge in [-0.3, -0.25) is 0 Å². The summed E-state index contributed by atoms with van der Waals surface area (Å²) in [6.45, 7) is 7.15. The first kappa shape index (κ1) is 13.4. The van der Waals surface area contributed by atoms with Crippen LogP contribution in [0, 0.1) is 5.92 Å². The van der Waals surface area contributed by atoms with E-state index in [4.69, 9.17) is 0 Å². The van der Waals surface area contributed by atoms with Crippen LogP contribution in [0.2, 0.25) is 0 Å². The van der Waals surface area contributed by atoms with Crippen LogP contribution < -0.4 is 0 Å². The van der Waals surface area contributed by atoms with Crippen LogP contribution in [0.1, 0.15) is 46.5 Å². The monoisotopic (exact) mass is 227 g/mol. The van der Waals surface area contributed by atoms with Gasteiger partial charge in [-0.1, -0.05) is 27.2 Å². The molecule has 16 heavy (non-hydrogen) atoms. The maximum atomic E-state index is 9.75. The molecule has 94 valence electrons. The van der Waals surface area contributed by atoms with Gasteiger partial charge in [0.15, 0.2) is 0 Å². The molecule has 0 aromatic heterocycles. The summed E-state index contributed by atoms with van der Waals surface area (Å²) in [5, 5.41) is 18.9. The second-order valence-corrected chi connectivity index (χ2v) is 4.92. The third kappa shape index (κ3) is 3.14. The zero-order chi connectivity index (χ0) is 12.1. The lowest BCUT2D eigenvalue weighted by molar-refractivity contribution is 0.182. The lowest BCUT2D eigenvalue weighted by Gasteiger charge is -2.29. The zero-order valence-electron chi connectivity index (χ0n) is 10.7. The lowest BCUT2D eigenvalue weighted by atomic mass is 9.97. The fourth-order valence-corrected chi connectivity index (χ4v) is 2.47. The molecule has 1 heterocycles. The molecule has 3 heteroatoms. The summed E-state index contributed by atoms with van der Waals surface area (Å²) in [6, 6.07) is 0.392. The third-order valence-electron chi connectivity index (χ3n) is 3.64. The van der Waals surface area contributed by atoms with Crippen molar-refractivity contribution in [3.8, 4) is 0 Å². The summed E-state index contributed by atoms with van der Waals surface area (Å²) in [5.74, 6) is 0.676. The molecule has 1 aliphatic heterocycles. The van der Waals surface area contributed by atoms with Crippen molar-refractivity contribution in [1.29, 1.82) is 0 Å². The van der Waals surface area contributed by atoms with Crippen LogP contribution in [-0.2, 0) is 0 Å². The van der Waals surface area contributed by atoms with Crippen LogP contribution in [0.3, 0.4) is 0 Å². The number of rotatable bonds is 5. The summed E-state index contributed by atoms with van der Waals surface area (Å²) in [6.07, 6.45) is 4.88. The first-order valence-corrected chi connectivity index (χ1v) is 6.40. The fourth-order valence-electron chi connectivity index (χ4n) is 2.47. The molecule has 2 unspecified atom stereocenters. The average Bonchev–Trinajstić information content (AvgIpc) is 2.61. The van der Waals surface area contributed by atoms with E-state index in [9.17, 15) is 10.2 Å². The van der Waals surface area contributed by atoms with E-state index < -0.39 is 0 Å². The van der Waals surface area contributed by atoms with E-state index in [-0.39, 0.29) is 6.10 Å². The average molecular weight is 227 g/mol. The predicted molar refractivity (Wildman–Crippen MR) is 66.2 cm³/mol. The van der Waals surface area contributed by atoms with E-state index in [1.165, 1.54) is 12.7 Å². The summed E-state index contributed by atoms with van der Waals surface area (Å²) >= 11 is 0. The SMILES string of the molecule is CC/C(=C/O)N1C[C@@H](O)CC1CC(C)CC. The van der Waals surface area contributed by atoms with Gasteiger partial charge in [-0.15, -0.1) is 0 Å². The van der Waals surface area contributed by atoms with Crippen LogP contribution >= 0.6 is 0 Å². The quantitative estimate of drug-likeness (QED) is 0.710. The number of hydrogen-bond acceptors (Lipinski definition) is 3. The van der Waals surface area contributed by atoms with Crippen molar-refractivity contribution in [1.82, 2.24) is 4.90 Å². The molecule has 1 aliphatic rings. The van der Waals surface area contributed by atoms with Crippen molar-refractivity contribution in [2.45, 2.75) is 58.6 Å². The van der Waals surface area contributed by atoms with Crippen molar-refractivity contribution in [2.75, 3.05) is 6.54 Å². The minimum atomic E-state index is -0.240. The molecule has 0 aliphatic carbocycles. The van der Waals surface area contributed by atoms with Crippen molar-refractivity contribution < 1.29 is 10.2 Å². The normalized spacial score (nSPS) is 28.5. The second kappa shape index (κ2) is 6.14. The topological polar surface area (TPSA) is 43.7 Å². The Balaban J connectivity index is 2.66. The number of β-amino-alcohol motifs (C(OH)–C–C–N with tert-alkyl or cyclic N) is 1. The Kier molecular flexibility index (Phi) is 5.13. The molecule has 0 aromatic carbocycles. The zero-order valence-corrected chi connectivity index (χ0v) is 10.7. The standard InChI is InChI=1S/C13H25NO2/c1-4-10(3)6-12-7-13(16)8-14(12)11(5-2)9-15/h9-10,12-13,15-16H,4-8H2,1-3H3/b11-9-/t10?,12?,13-/m0/s1. The number of hydrogen-bond donors (Lipinski definition) is 2. The smallest absolute Gasteiger partial charge is 0.0982 e. The van der Waals surface area contributed by atoms with Crippen LogP contribution in [0.5, 0.6) is 0 Å². The van der Waals surface area contributed by atoms with Gasteiger partial charge in [-0.05, 0) is 25.2 Å². The highest BCUT2D eigenvalue weighted by atomic mass is 16.3. The number of likely N-dealkylation sites (tertiary alicyclic amines) is 1. The van der Waals surface area contributed by atoms with Crippen molar-refractivity contribution in [3.05, 3.63) is 12.0 Å². The number of allylic oxidation sites excluding steroid dienone is 1. The summed E-state index contributed by atoms with van der Waals surface area (Å²) in [4.78, 5) is 2.18. The van der Waals surface area contributed by atoms with E-state index >= 15 is 0 Å². The highest BCUT2D eigenvalue weighted by Gasteiger charge is 2.32. The molecule has 0 amide bonds. The molecule has 1 fully saturated rings. The van der Waals surface area contributed by atoms with E-state index in [2.05, 4.69) is 18.7 Å². The van der Waals surface area contributed by atoms with Gasteiger partial charge in [-0.25, -0.2) is 0 Å². The van der Waals surface area contributed by atoms with Crippen molar-refractivity contribution in [3.63, 3.8) is 0 Å².